The van der Waals surface area contributed by atoms with Crippen molar-refractivity contribution in [2.45, 2.75) is 0 Å². The smallest absolute Gasteiger partial charge is 0.259 e. The van der Waals surface area contributed by atoms with E-state index in [1.807, 2.05) is 12.1 Å². The predicted molar refractivity (Wildman–Crippen MR) is 96.5 cm³/mol. The summed E-state index contributed by atoms with van der Waals surface area (Å²) in [6, 6.07) is 14.2. The zero-order valence-electron chi connectivity index (χ0n) is 13.5. The molecule has 0 aliphatic carbocycles. The predicted octanol–water partition coefficient (Wildman–Crippen LogP) is 2.96. The number of ether oxygens (including phenoxy) is 1. The van der Waals surface area contributed by atoms with Gasteiger partial charge in [0, 0.05) is 21.8 Å². The Morgan fingerprint density at radius 2 is 1.92 bits per heavy atom. The Morgan fingerprint density at radius 1 is 1.16 bits per heavy atom. The largest absolute Gasteiger partial charge is 0.492 e. The second kappa shape index (κ2) is 7.40. The summed E-state index contributed by atoms with van der Waals surface area (Å²) in [5.74, 6) is 0.170. The van der Waals surface area contributed by atoms with Crippen LogP contribution in [-0.2, 0) is 4.79 Å². The van der Waals surface area contributed by atoms with Crippen LogP contribution in [0.2, 0.25) is 5.02 Å². The standard InChI is InChI=1S/C19H17ClN2O3/c1-13-16-7-2-3-8-17(16)19(24)22(13)12-18(23)21-9-10-25-15-6-4-5-14(20)11-15/h2-8,11H,1,9-10,12H2,(H,21,23). The van der Waals surface area contributed by atoms with Gasteiger partial charge in [-0.3, -0.25) is 14.5 Å². The van der Waals surface area contributed by atoms with Crippen molar-refractivity contribution in [1.82, 2.24) is 10.2 Å². The third kappa shape index (κ3) is 3.83. The zero-order valence-corrected chi connectivity index (χ0v) is 14.3. The number of benzene rings is 2. The van der Waals surface area contributed by atoms with Crippen LogP contribution in [-0.4, -0.2) is 36.4 Å². The van der Waals surface area contributed by atoms with E-state index in [4.69, 9.17) is 16.3 Å². The summed E-state index contributed by atoms with van der Waals surface area (Å²) in [6.07, 6.45) is 0. The third-order valence-corrected chi connectivity index (χ3v) is 4.07. The molecule has 1 aliphatic rings. The molecule has 2 amide bonds. The number of halogens is 1. The highest BCUT2D eigenvalue weighted by Gasteiger charge is 2.31. The Hall–Kier alpha value is -2.79. The summed E-state index contributed by atoms with van der Waals surface area (Å²) in [5.41, 5.74) is 1.89. The molecular weight excluding hydrogens is 340 g/mol. The average Bonchev–Trinajstić information content (AvgIpc) is 2.84. The highest BCUT2D eigenvalue weighted by molar-refractivity contribution is 6.30. The maximum atomic E-state index is 12.3. The van der Waals surface area contributed by atoms with Crippen LogP contribution in [0, 0.1) is 0 Å². The Balaban J connectivity index is 1.47. The first-order valence-electron chi connectivity index (χ1n) is 7.81. The number of carbonyl (C=O) groups excluding carboxylic acids is 2. The molecule has 0 radical (unpaired) electrons. The minimum absolute atomic E-state index is 0.0660. The van der Waals surface area contributed by atoms with Crippen molar-refractivity contribution in [3.63, 3.8) is 0 Å². The molecule has 128 valence electrons. The molecule has 5 nitrogen and oxygen atoms in total. The van der Waals surface area contributed by atoms with E-state index in [9.17, 15) is 9.59 Å². The maximum absolute atomic E-state index is 12.3. The molecule has 0 saturated heterocycles. The summed E-state index contributed by atoms with van der Waals surface area (Å²) in [6.45, 7) is 4.48. The van der Waals surface area contributed by atoms with Gasteiger partial charge in [-0.1, -0.05) is 42.4 Å². The molecule has 25 heavy (non-hydrogen) atoms. The second-order valence-electron chi connectivity index (χ2n) is 5.54. The van der Waals surface area contributed by atoms with Gasteiger partial charge < -0.3 is 10.1 Å². The number of amides is 2. The molecule has 0 aromatic heterocycles. The molecular formula is C19H17ClN2O3. The number of nitrogens with zero attached hydrogens (tertiary/aromatic N) is 1. The lowest BCUT2D eigenvalue weighted by Crippen LogP contribution is -2.38. The minimum atomic E-state index is -0.267. The molecule has 1 aliphatic heterocycles. The van der Waals surface area contributed by atoms with Gasteiger partial charge in [-0.15, -0.1) is 0 Å². The summed E-state index contributed by atoms with van der Waals surface area (Å²) in [5, 5.41) is 3.32. The lowest BCUT2D eigenvalue weighted by Gasteiger charge is -2.17. The van der Waals surface area contributed by atoms with Crippen molar-refractivity contribution >= 4 is 29.1 Å². The van der Waals surface area contributed by atoms with Gasteiger partial charge in [0.2, 0.25) is 5.91 Å². The van der Waals surface area contributed by atoms with Gasteiger partial charge in [-0.25, -0.2) is 0 Å². The van der Waals surface area contributed by atoms with Gasteiger partial charge in [0.25, 0.3) is 5.91 Å². The number of hydrogen-bond acceptors (Lipinski definition) is 3. The lowest BCUT2D eigenvalue weighted by molar-refractivity contribution is -0.121. The van der Waals surface area contributed by atoms with Gasteiger partial charge >= 0.3 is 0 Å². The monoisotopic (exact) mass is 356 g/mol. The van der Waals surface area contributed by atoms with Gasteiger partial charge in [-0.2, -0.15) is 0 Å². The minimum Gasteiger partial charge on any atom is -0.492 e. The number of nitrogens with one attached hydrogen (secondary N) is 1. The van der Waals surface area contributed by atoms with E-state index in [1.165, 1.54) is 4.90 Å². The molecule has 0 bridgehead atoms. The zero-order chi connectivity index (χ0) is 17.8. The fourth-order valence-electron chi connectivity index (χ4n) is 2.62. The van der Waals surface area contributed by atoms with Crippen molar-refractivity contribution in [1.29, 1.82) is 0 Å². The number of fused-ring (bicyclic) bond motifs is 1. The molecule has 0 fully saturated rings. The Labute approximate surface area is 150 Å². The second-order valence-corrected chi connectivity index (χ2v) is 5.98. The SMILES string of the molecule is C=C1c2ccccc2C(=O)N1CC(=O)NCCOc1cccc(Cl)c1. The normalized spacial score (nSPS) is 12.9. The average molecular weight is 357 g/mol. The molecule has 1 N–H and O–H groups in total. The maximum Gasteiger partial charge on any atom is 0.259 e. The van der Waals surface area contributed by atoms with E-state index in [0.717, 1.165) is 5.56 Å². The highest BCUT2D eigenvalue weighted by atomic mass is 35.5. The molecule has 1 heterocycles. The van der Waals surface area contributed by atoms with Crippen molar-refractivity contribution in [2.24, 2.45) is 0 Å². The van der Waals surface area contributed by atoms with Crippen molar-refractivity contribution < 1.29 is 14.3 Å². The van der Waals surface area contributed by atoms with Crippen LogP contribution in [0.15, 0.2) is 55.1 Å². The van der Waals surface area contributed by atoms with E-state index in [2.05, 4.69) is 11.9 Å². The summed E-state index contributed by atoms with van der Waals surface area (Å²) < 4.78 is 5.50. The van der Waals surface area contributed by atoms with Crippen LogP contribution in [0.4, 0.5) is 0 Å². The molecule has 0 atom stereocenters. The van der Waals surface area contributed by atoms with Crippen LogP contribution >= 0.6 is 11.6 Å². The Morgan fingerprint density at radius 3 is 2.64 bits per heavy atom. The topological polar surface area (TPSA) is 58.6 Å². The summed E-state index contributed by atoms with van der Waals surface area (Å²) in [4.78, 5) is 25.8. The molecule has 0 spiro atoms. The van der Waals surface area contributed by atoms with Gasteiger partial charge in [0.05, 0.1) is 6.54 Å². The molecule has 0 saturated carbocycles. The Bertz CT molecular complexity index is 800. The van der Waals surface area contributed by atoms with Crippen molar-refractivity contribution in [3.8, 4) is 5.75 Å². The first-order valence-corrected chi connectivity index (χ1v) is 8.19. The summed E-state index contributed by atoms with van der Waals surface area (Å²) in [7, 11) is 0. The van der Waals surface area contributed by atoms with Crippen LogP contribution in [0.3, 0.4) is 0 Å². The number of rotatable bonds is 6. The first kappa shape index (κ1) is 17.0. The van der Waals surface area contributed by atoms with Gasteiger partial charge in [0.15, 0.2) is 0 Å². The van der Waals surface area contributed by atoms with Gasteiger partial charge in [0.1, 0.15) is 18.9 Å². The number of carbonyl (C=O) groups is 2. The van der Waals surface area contributed by atoms with E-state index in [1.54, 1.807) is 36.4 Å². The first-order chi connectivity index (χ1) is 12.1. The van der Waals surface area contributed by atoms with Crippen molar-refractivity contribution in [3.05, 3.63) is 71.3 Å². The summed E-state index contributed by atoms with van der Waals surface area (Å²) >= 11 is 5.87. The molecule has 6 heteroatoms. The fourth-order valence-corrected chi connectivity index (χ4v) is 2.80. The van der Waals surface area contributed by atoms with Crippen LogP contribution in [0.25, 0.3) is 5.70 Å². The molecule has 3 rings (SSSR count). The number of hydrogen-bond donors (Lipinski definition) is 1. The van der Waals surface area contributed by atoms with Crippen molar-refractivity contribution in [2.75, 3.05) is 19.7 Å². The van der Waals surface area contributed by atoms with Crippen LogP contribution < -0.4 is 10.1 Å². The van der Waals surface area contributed by atoms with Crippen LogP contribution in [0.1, 0.15) is 15.9 Å². The fraction of sp³-hybridized carbons (Fsp3) is 0.158. The van der Waals surface area contributed by atoms with E-state index in [0.29, 0.717) is 35.2 Å². The Kier molecular flexibility index (Phi) is 5.05. The lowest BCUT2D eigenvalue weighted by atomic mass is 10.1. The van der Waals surface area contributed by atoms with E-state index >= 15 is 0 Å². The molecule has 2 aromatic rings. The van der Waals surface area contributed by atoms with Gasteiger partial charge in [-0.05, 0) is 24.3 Å². The molecule has 2 aromatic carbocycles. The third-order valence-electron chi connectivity index (χ3n) is 3.83. The quantitative estimate of drug-likeness (QED) is 0.809. The van der Waals surface area contributed by atoms with Crippen LogP contribution in [0.5, 0.6) is 5.75 Å². The highest BCUT2D eigenvalue weighted by Crippen LogP contribution is 2.30. The van der Waals surface area contributed by atoms with E-state index < -0.39 is 0 Å². The van der Waals surface area contributed by atoms with E-state index in [-0.39, 0.29) is 18.4 Å². The molecule has 0 unspecified atom stereocenters.